The summed E-state index contributed by atoms with van der Waals surface area (Å²) in [4.78, 5) is 14.4. The average Bonchev–Trinajstić information content (AvgIpc) is 3.20. The molecule has 5 nitrogen and oxygen atoms in total. The van der Waals surface area contributed by atoms with Crippen molar-refractivity contribution in [2.45, 2.75) is 25.5 Å². The van der Waals surface area contributed by atoms with Gasteiger partial charge in [0.25, 0.3) is 0 Å². The number of rotatable bonds is 7. The van der Waals surface area contributed by atoms with Crippen LogP contribution < -0.4 is 4.74 Å². The van der Waals surface area contributed by atoms with E-state index in [1.54, 1.807) is 13.2 Å². The summed E-state index contributed by atoms with van der Waals surface area (Å²) in [6, 6.07) is 13.8. The van der Waals surface area contributed by atoms with Gasteiger partial charge in [-0.1, -0.05) is 24.3 Å². The van der Waals surface area contributed by atoms with Gasteiger partial charge in [-0.2, -0.15) is 0 Å². The fraction of sp³-hybridized carbons (Fsp3) is 0.409. The molecule has 0 N–H and O–H groups in total. The number of ether oxygens (including phenoxy) is 3. The van der Waals surface area contributed by atoms with Crippen molar-refractivity contribution in [3.8, 4) is 16.9 Å². The number of benzene rings is 2. The Bertz CT molecular complexity index is 766. The van der Waals surface area contributed by atoms with E-state index in [1.165, 1.54) is 12.7 Å². The van der Waals surface area contributed by atoms with Gasteiger partial charge >= 0.3 is 5.97 Å². The fourth-order valence-electron chi connectivity index (χ4n) is 3.48. The van der Waals surface area contributed by atoms with E-state index in [1.807, 2.05) is 24.3 Å². The standard InChI is InChI=1S/C22H27NO4/c1-23(15-19-5-4-12-27-19)14-16-6-8-17(9-7-16)20-11-10-18(25-2)13-21(20)22(24)26-3/h6-11,13,19H,4-5,12,14-15H2,1-3H3. The van der Waals surface area contributed by atoms with Gasteiger partial charge < -0.3 is 14.2 Å². The highest BCUT2D eigenvalue weighted by Gasteiger charge is 2.18. The van der Waals surface area contributed by atoms with Crippen LogP contribution in [0.2, 0.25) is 0 Å². The van der Waals surface area contributed by atoms with E-state index >= 15 is 0 Å². The number of carbonyl (C=O) groups excluding carboxylic acids is 1. The molecule has 1 aliphatic rings. The Morgan fingerprint density at radius 2 is 1.96 bits per heavy atom. The molecule has 1 aliphatic heterocycles. The number of esters is 1. The average molecular weight is 369 g/mol. The van der Waals surface area contributed by atoms with E-state index in [4.69, 9.17) is 14.2 Å². The molecule has 0 aromatic heterocycles. The highest BCUT2D eigenvalue weighted by atomic mass is 16.5. The van der Waals surface area contributed by atoms with Crippen LogP contribution in [0.1, 0.15) is 28.8 Å². The highest BCUT2D eigenvalue weighted by Crippen LogP contribution is 2.28. The van der Waals surface area contributed by atoms with Crippen LogP contribution >= 0.6 is 0 Å². The smallest absolute Gasteiger partial charge is 0.338 e. The van der Waals surface area contributed by atoms with Crippen molar-refractivity contribution in [1.29, 1.82) is 0 Å². The monoisotopic (exact) mass is 369 g/mol. The molecule has 0 spiro atoms. The second kappa shape index (κ2) is 9.02. The third kappa shape index (κ3) is 4.87. The first kappa shape index (κ1) is 19.4. The number of hydrogen-bond acceptors (Lipinski definition) is 5. The molecule has 2 aromatic carbocycles. The van der Waals surface area contributed by atoms with E-state index in [0.717, 1.165) is 43.7 Å². The van der Waals surface area contributed by atoms with E-state index in [-0.39, 0.29) is 5.97 Å². The lowest BCUT2D eigenvalue weighted by atomic mass is 9.98. The summed E-state index contributed by atoms with van der Waals surface area (Å²) in [6.07, 6.45) is 2.67. The molecule has 0 amide bonds. The number of likely N-dealkylation sites (N-methyl/N-ethyl adjacent to an activating group) is 1. The summed E-state index contributed by atoms with van der Waals surface area (Å²) >= 11 is 0. The van der Waals surface area contributed by atoms with Crippen LogP contribution in [0.15, 0.2) is 42.5 Å². The molecule has 1 saturated heterocycles. The number of hydrogen-bond donors (Lipinski definition) is 0. The third-order valence-electron chi connectivity index (χ3n) is 4.89. The lowest BCUT2D eigenvalue weighted by Crippen LogP contribution is -2.28. The Labute approximate surface area is 160 Å². The quantitative estimate of drug-likeness (QED) is 0.696. The molecule has 0 radical (unpaired) electrons. The topological polar surface area (TPSA) is 48.0 Å². The Morgan fingerprint density at radius 3 is 2.59 bits per heavy atom. The van der Waals surface area contributed by atoms with E-state index in [2.05, 4.69) is 24.1 Å². The molecule has 1 unspecified atom stereocenters. The van der Waals surface area contributed by atoms with Crippen LogP contribution in [-0.2, 0) is 16.0 Å². The van der Waals surface area contributed by atoms with E-state index in [9.17, 15) is 4.79 Å². The molecular weight excluding hydrogens is 342 g/mol. The molecule has 0 aliphatic carbocycles. The lowest BCUT2D eigenvalue weighted by molar-refractivity contribution is 0.0601. The third-order valence-corrected chi connectivity index (χ3v) is 4.89. The minimum absolute atomic E-state index is 0.358. The van der Waals surface area contributed by atoms with Crippen molar-refractivity contribution >= 4 is 5.97 Å². The van der Waals surface area contributed by atoms with Gasteiger partial charge in [0.1, 0.15) is 5.75 Å². The van der Waals surface area contributed by atoms with Crippen molar-refractivity contribution in [2.75, 3.05) is 34.4 Å². The van der Waals surface area contributed by atoms with Gasteiger partial charge in [-0.3, -0.25) is 4.90 Å². The molecule has 3 rings (SSSR count). The minimum atomic E-state index is -0.371. The second-order valence-corrected chi connectivity index (χ2v) is 6.93. The zero-order valence-electron chi connectivity index (χ0n) is 16.2. The van der Waals surface area contributed by atoms with Crippen molar-refractivity contribution in [1.82, 2.24) is 4.90 Å². The molecule has 27 heavy (non-hydrogen) atoms. The van der Waals surface area contributed by atoms with E-state index in [0.29, 0.717) is 17.4 Å². The molecule has 1 heterocycles. The summed E-state index contributed by atoms with van der Waals surface area (Å²) in [5.41, 5.74) is 3.54. The predicted octanol–water partition coefficient (Wildman–Crippen LogP) is 3.76. The van der Waals surface area contributed by atoms with Crippen LogP contribution in [0.4, 0.5) is 0 Å². The van der Waals surface area contributed by atoms with Gasteiger partial charge in [0, 0.05) is 19.7 Å². The number of methoxy groups -OCH3 is 2. The van der Waals surface area contributed by atoms with Gasteiger partial charge in [0.2, 0.25) is 0 Å². The zero-order valence-corrected chi connectivity index (χ0v) is 16.2. The van der Waals surface area contributed by atoms with Crippen LogP contribution in [0, 0.1) is 0 Å². The number of nitrogens with zero attached hydrogens (tertiary/aromatic N) is 1. The first-order valence-corrected chi connectivity index (χ1v) is 9.26. The summed E-state index contributed by atoms with van der Waals surface area (Å²) in [7, 11) is 5.09. The molecule has 1 fully saturated rings. The first-order chi connectivity index (χ1) is 13.1. The molecule has 0 bridgehead atoms. The Morgan fingerprint density at radius 1 is 1.19 bits per heavy atom. The zero-order chi connectivity index (χ0) is 19.2. The molecule has 0 saturated carbocycles. The van der Waals surface area contributed by atoms with Gasteiger partial charge in [0.15, 0.2) is 0 Å². The fourth-order valence-corrected chi connectivity index (χ4v) is 3.48. The SMILES string of the molecule is COC(=O)c1cc(OC)ccc1-c1ccc(CN(C)CC2CCCO2)cc1. The van der Waals surface area contributed by atoms with Gasteiger partial charge in [-0.05, 0) is 54.8 Å². The van der Waals surface area contributed by atoms with Crippen molar-refractivity contribution in [2.24, 2.45) is 0 Å². The van der Waals surface area contributed by atoms with Gasteiger partial charge in [-0.25, -0.2) is 4.79 Å². The maximum Gasteiger partial charge on any atom is 0.338 e. The molecule has 144 valence electrons. The molecule has 5 heteroatoms. The summed E-state index contributed by atoms with van der Waals surface area (Å²) < 4.78 is 15.9. The first-order valence-electron chi connectivity index (χ1n) is 9.26. The molecular formula is C22H27NO4. The summed E-state index contributed by atoms with van der Waals surface area (Å²) in [5.74, 6) is 0.260. The number of carbonyl (C=O) groups is 1. The normalized spacial score (nSPS) is 16.5. The summed E-state index contributed by atoms with van der Waals surface area (Å²) in [6.45, 7) is 2.71. The maximum absolute atomic E-state index is 12.2. The maximum atomic E-state index is 12.2. The minimum Gasteiger partial charge on any atom is -0.497 e. The largest absolute Gasteiger partial charge is 0.497 e. The highest BCUT2D eigenvalue weighted by molar-refractivity contribution is 5.97. The molecule has 2 aromatic rings. The Hall–Kier alpha value is -2.37. The van der Waals surface area contributed by atoms with Crippen molar-refractivity contribution in [3.63, 3.8) is 0 Å². The summed E-state index contributed by atoms with van der Waals surface area (Å²) in [5, 5.41) is 0. The van der Waals surface area contributed by atoms with Gasteiger partial charge in [-0.15, -0.1) is 0 Å². The van der Waals surface area contributed by atoms with E-state index < -0.39 is 0 Å². The van der Waals surface area contributed by atoms with Crippen LogP contribution in [0.3, 0.4) is 0 Å². The second-order valence-electron chi connectivity index (χ2n) is 6.93. The van der Waals surface area contributed by atoms with Crippen LogP contribution in [0.5, 0.6) is 5.75 Å². The molecule has 1 atom stereocenters. The van der Waals surface area contributed by atoms with Gasteiger partial charge in [0.05, 0.1) is 25.9 Å². The predicted molar refractivity (Wildman–Crippen MR) is 105 cm³/mol. The Kier molecular flexibility index (Phi) is 6.48. The van der Waals surface area contributed by atoms with Crippen molar-refractivity contribution in [3.05, 3.63) is 53.6 Å². The Balaban J connectivity index is 1.74. The van der Waals surface area contributed by atoms with Crippen LogP contribution in [-0.4, -0.2) is 51.4 Å². The van der Waals surface area contributed by atoms with Crippen LogP contribution in [0.25, 0.3) is 11.1 Å². The lowest BCUT2D eigenvalue weighted by Gasteiger charge is -2.20. The van der Waals surface area contributed by atoms with Crippen molar-refractivity contribution < 1.29 is 19.0 Å².